The molecule has 1 atom stereocenters. The minimum atomic E-state index is 0.402. The molecule has 106 valence electrons. The zero-order valence-corrected chi connectivity index (χ0v) is 12.6. The molecule has 2 rings (SSSR count). The first kappa shape index (κ1) is 14.3. The van der Waals surface area contributed by atoms with E-state index >= 15 is 0 Å². The molecule has 2 aliphatic rings. The van der Waals surface area contributed by atoms with Crippen LogP contribution in [-0.2, 0) is 0 Å². The Labute approximate surface area is 113 Å². The molecule has 2 aliphatic carbocycles. The average Bonchev–Trinajstić information content (AvgIpc) is 2.69. The predicted molar refractivity (Wildman–Crippen MR) is 78.5 cm³/mol. The van der Waals surface area contributed by atoms with Gasteiger partial charge in [-0.2, -0.15) is 0 Å². The fourth-order valence-electron chi connectivity index (χ4n) is 3.80. The molecule has 18 heavy (non-hydrogen) atoms. The summed E-state index contributed by atoms with van der Waals surface area (Å²) >= 11 is 0. The van der Waals surface area contributed by atoms with Gasteiger partial charge in [0.15, 0.2) is 0 Å². The first-order chi connectivity index (χ1) is 8.45. The fraction of sp³-hybridized carbons (Fsp3) is 1.00. The maximum Gasteiger partial charge on any atom is 0.00725 e. The van der Waals surface area contributed by atoms with E-state index in [1.807, 2.05) is 0 Å². The van der Waals surface area contributed by atoms with Gasteiger partial charge in [-0.05, 0) is 55.4 Å². The Morgan fingerprint density at radius 2 is 1.78 bits per heavy atom. The van der Waals surface area contributed by atoms with E-state index < -0.39 is 0 Å². The topological polar surface area (TPSA) is 38.0 Å². The van der Waals surface area contributed by atoms with E-state index in [0.717, 1.165) is 25.0 Å². The molecule has 0 aromatic carbocycles. The van der Waals surface area contributed by atoms with E-state index in [9.17, 15) is 0 Å². The first-order valence-corrected chi connectivity index (χ1v) is 7.88. The Hall–Kier alpha value is -0.0800. The number of nitrogens with one attached hydrogen (secondary N) is 1. The highest BCUT2D eigenvalue weighted by Crippen LogP contribution is 2.40. The smallest absolute Gasteiger partial charge is 0.00725 e. The molecule has 2 nitrogen and oxygen atoms in total. The lowest BCUT2D eigenvalue weighted by molar-refractivity contribution is 0.153. The van der Waals surface area contributed by atoms with Gasteiger partial charge >= 0.3 is 0 Å². The molecule has 0 saturated heterocycles. The zero-order chi connectivity index (χ0) is 13.2. The molecule has 0 bridgehead atoms. The summed E-state index contributed by atoms with van der Waals surface area (Å²) in [6.45, 7) is 9.19. The molecule has 0 heterocycles. The molecular weight excluding hydrogens is 220 g/mol. The Bertz CT molecular complexity index is 264. The van der Waals surface area contributed by atoms with Crippen LogP contribution < -0.4 is 11.1 Å². The van der Waals surface area contributed by atoms with Crippen molar-refractivity contribution in [3.63, 3.8) is 0 Å². The van der Waals surface area contributed by atoms with Crippen molar-refractivity contribution in [1.82, 2.24) is 5.32 Å². The first-order valence-electron chi connectivity index (χ1n) is 7.88. The van der Waals surface area contributed by atoms with E-state index in [1.54, 1.807) is 0 Å². The lowest BCUT2D eigenvalue weighted by Gasteiger charge is -2.39. The summed E-state index contributed by atoms with van der Waals surface area (Å²) in [6.07, 6.45) is 9.46. The van der Waals surface area contributed by atoms with Gasteiger partial charge in [-0.1, -0.05) is 33.6 Å². The van der Waals surface area contributed by atoms with Gasteiger partial charge in [-0.3, -0.25) is 0 Å². The van der Waals surface area contributed by atoms with E-state index in [1.165, 1.54) is 44.9 Å². The van der Waals surface area contributed by atoms with E-state index in [0.29, 0.717) is 10.8 Å². The van der Waals surface area contributed by atoms with Crippen LogP contribution in [0.5, 0.6) is 0 Å². The van der Waals surface area contributed by atoms with Gasteiger partial charge in [0.2, 0.25) is 0 Å². The van der Waals surface area contributed by atoms with Crippen molar-refractivity contribution in [3.05, 3.63) is 0 Å². The van der Waals surface area contributed by atoms with Crippen LogP contribution in [0.1, 0.15) is 65.7 Å². The van der Waals surface area contributed by atoms with Crippen LogP contribution in [0.2, 0.25) is 0 Å². The summed E-state index contributed by atoms with van der Waals surface area (Å²) in [4.78, 5) is 0. The minimum Gasteiger partial charge on any atom is -0.330 e. The van der Waals surface area contributed by atoms with Crippen LogP contribution in [0.25, 0.3) is 0 Å². The highest BCUT2D eigenvalue weighted by molar-refractivity contribution is 4.91. The SMILES string of the molecule is CC1CCC(CN)(CNC2CCC(C)(C)C2)CC1. The quantitative estimate of drug-likeness (QED) is 0.805. The van der Waals surface area contributed by atoms with Crippen LogP contribution in [0.4, 0.5) is 0 Å². The summed E-state index contributed by atoms with van der Waals surface area (Å²) < 4.78 is 0. The largest absolute Gasteiger partial charge is 0.330 e. The molecular formula is C16H32N2. The number of rotatable bonds is 4. The van der Waals surface area contributed by atoms with Crippen molar-refractivity contribution in [2.24, 2.45) is 22.5 Å². The van der Waals surface area contributed by atoms with Crippen LogP contribution in [0, 0.1) is 16.7 Å². The number of hydrogen-bond acceptors (Lipinski definition) is 2. The Morgan fingerprint density at radius 3 is 2.28 bits per heavy atom. The lowest BCUT2D eigenvalue weighted by Crippen LogP contribution is -2.45. The van der Waals surface area contributed by atoms with E-state index in [2.05, 4.69) is 26.1 Å². The second-order valence-corrected chi connectivity index (χ2v) is 7.87. The van der Waals surface area contributed by atoms with Gasteiger partial charge < -0.3 is 11.1 Å². The Balaban J connectivity index is 1.81. The highest BCUT2D eigenvalue weighted by Gasteiger charge is 2.35. The standard InChI is InChI=1S/C16H32N2/c1-13-4-8-16(11-17,9-5-13)12-18-14-6-7-15(2,3)10-14/h13-14,18H,4-12,17H2,1-3H3. The van der Waals surface area contributed by atoms with Gasteiger partial charge in [-0.15, -0.1) is 0 Å². The van der Waals surface area contributed by atoms with Crippen LogP contribution in [0.3, 0.4) is 0 Å². The summed E-state index contributed by atoms with van der Waals surface area (Å²) in [5, 5.41) is 3.83. The van der Waals surface area contributed by atoms with Gasteiger partial charge in [0.1, 0.15) is 0 Å². The van der Waals surface area contributed by atoms with Crippen LogP contribution in [0.15, 0.2) is 0 Å². The number of hydrogen-bond donors (Lipinski definition) is 2. The normalized spacial score (nSPS) is 40.0. The molecule has 1 unspecified atom stereocenters. The van der Waals surface area contributed by atoms with Crippen molar-refractivity contribution < 1.29 is 0 Å². The minimum absolute atomic E-state index is 0.402. The predicted octanol–water partition coefficient (Wildman–Crippen LogP) is 3.31. The maximum atomic E-state index is 6.08. The van der Waals surface area contributed by atoms with Crippen molar-refractivity contribution in [3.8, 4) is 0 Å². The second-order valence-electron chi connectivity index (χ2n) is 7.87. The van der Waals surface area contributed by atoms with Gasteiger partial charge in [0.05, 0.1) is 0 Å². The maximum absolute atomic E-state index is 6.08. The molecule has 2 heteroatoms. The third-order valence-electron chi connectivity index (χ3n) is 5.50. The van der Waals surface area contributed by atoms with Crippen LogP contribution >= 0.6 is 0 Å². The lowest BCUT2D eigenvalue weighted by atomic mass is 9.70. The third-order valence-corrected chi connectivity index (χ3v) is 5.50. The Kier molecular flexibility index (Phi) is 4.38. The average molecular weight is 252 g/mol. The summed E-state index contributed by atoms with van der Waals surface area (Å²) in [5.74, 6) is 0.912. The van der Waals surface area contributed by atoms with Crippen LogP contribution in [-0.4, -0.2) is 19.1 Å². The summed E-state index contributed by atoms with van der Waals surface area (Å²) in [7, 11) is 0. The molecule has 0 spiro atoms. The van der Waals surface area contributed by atoms with Gasteiger partial charge in [0.25, 0.3) is 0 Å². The van der Waals surface area contributed by atoms with Gasteiger partial charge in [-0.25, -0.2) is 0 Å². The van der Waals surface area contributed by atoms with Crippen molar-refractivity contribution in [2.75, 3.05) is 13.1 Å². The highest BCUT2D eigenvalue weighted by atomic mass is 14.9. The molecule has 2 saturated carbocycles. The number of nitrogens with two attached hydrogens (primary N) is 1. The van der Waals surface area contributed by atoms with Crippen molar-refractivity contribution in [2.45, 2.75) is 71.8 Å². The molecule has 0 aromatic rings. The van der Waals surface area contributed by atoms with E-state index in [-0.39, 0.29) is 0 Å². The monoisotopic (exact) mass is 252 g/mol. The molecule has 0 aromatic heterocycles. The second kappa shape index (κ2) is 5.50. The summed E-state index contributed by atoms with van der Waals surface area (Å²) in [5.41, 5.74) is 7.03. The summed E-state index contributed by atoms with van der Waals surface area (Å²) in [6, 6.07) is 0.739. The fourth-order valence-corrected chi connectivity index (χ4v) is 3.80. The molecule has 0 aliphatic heterocycles. The van der Waals surface area contributed by atoms with Crippen molar-refractivity contribution >= 4 is 0 Å². The molecule has 3 N–H and O–H groups in total. The molecule has 2 fully saturated rings. The van der Waals surface area contributed by atoms with E-state index in [4.69, 9.17) is 5.73 Å². The zero-order valence-electron chi connectivity index (χ0n) is 12.6. The van der Waals surface area contributed by atoms with Crippen molar-refractivity contribution in [1.29, 1.82) is 0 Å². The Morgan fingerprint density at radius 1 is 1.11 bits per heavy atom. The molecule has 0 radical (unpaired) electrons. The molecule has 0 amide bonds. The third kappa shape index (κ3) is 3.48. The van der Waals surface area contributed by atoms with Gasteiger partial charge in [0, 0.05) is 12.6 Å².